The van der Waals surface area contributed by atoms with Gasteiger partial charge in [-0.15, -0.1) is 0 Å². The lowest BCUT2D eigenvalue weighted by molar-refractivity contribution is -0.139. The van der Waals surface area contributed by atoms with Gasteiger partial charge >= 0.3 is 5.97 Å². The van der Waals surface area contributed by atoms with E-state index < -0.39 is 5.97 Å². The summed E-state index contributed by atoms with van der Waals surface area (Å²) in [6, 6.07) is 11.8. The second-order valence-corrected chi connectivity index (χ2v) is 11.5. The third-order valence-electron chi connectivity index (χ3n) is 9.25. The van der Waals surface area contributed by atoms with Crippen LogP contribution in [-0.2, 0) is 22.5 Å². The van der Waals surface area contributed by atoms with Crippen LogP contribution < -0.4 is 4.74 Å². The molecule has 1 N–H and O–H groups in total. The summed E-state index contributed by atoms with van der Waals surface area (Å²) in [4.78, 5) is 27.6. The molecule has 7 nitrogen and oxygen atoms in total. The first-order chi connectivity index (χ1) is 19.0. The minimum Gasteiger partial charge on any atom is -0.497 e. The molecule has 6 rings (SSSR count). The third-order valence-corrected chi connectivity index (χ3v) is 9.25. The van der Waals surface area contributed by atoms with E-state index in [1.165, 1.54) is 41.6 Å². The molecular weight excluding hydrogens is 492 g/mol. The number of aromatic nitrogens is 1. The van der Waals surface area contributed by atoms with Crippen LogP contribution in [0.5, 0.6) is 5.75 Å². The van der Waals surface area contributed by atoms with Crippen LogP contribution in [0.2, 0.25) is 0 Å². The van der Waals surface area contributed by atoms with Crippen molar-refractivity contribution in [1.29, 1.82) is 0 Å². The minimum absolute atomic E-state index is 0.0194. The van der Waals surface area contributed by atoms with E-state index in [1.54, 1.807) is 13.2 Å². The molecule has 2 fully saturated rings. The van der Waals surface area contributed by atoms with Crippen molar-refractivity contribution in [1.82, 2.24) is 9.47 Å². The Labute approximate surface area is 229 Å². The fourth-order valence-corrected chi connectivity index (χ4v) is 7.09. The molecule has 0 spiro atoms. The summed E-state index contributed by atoms with van der Waals surface area (Å²) in [5, 5.41) is 11.0. The van der Waals surface area contributed by atoms with Crippen molar-refractivity contribution in [3.63, 3.8) is 0 Å². The van der Waals surface area contributed by atoms with Crippen LogP contribution in [0.25, 0.3) is 22.2 Å². The number of likely N-dealkylation sites (N-methyl/N-ethyl adjacent to an activating group) is 1. The monoisotopic (exact) mass is 530 g/mol. The number of rotatable bonds is 5. The van der Waals surface area contributed by atoms with Crippen molar-refractivity contribution in [2.45, 2.75) is 69.9 Å². The number of aromatic carboxylic acids is 1. The van der Waals surface area contributed by atoms with E-state index in [0.717, 1.165) is 42.3 Å². The first-order valence-corrected chi connectivity index (χ1v) is 14.4. The van der Waals surface area contributed by atoms with Crippen LogP contribution in [-0.4, -0.2) is 59.9 Å². The summed E-state index contributed by atoms with van der Waals surface area (Å²) in [6.45, 7) is 1.87. The number of carboxylic acids is 1. The molecule has 206 valence electrons. The first-order valence-electron chi connectivity index (χ1n) is 14.4. The number of nitrogens with zero attached hydrogens (tertiary/aromatic N) is 2. The second kappa shape index (κ2) is 10.7. The van der Waals surface area contributed by atoms with Crippen LogP contribution in [0, 0.1) is 5.92 Å². The zero-order valence-corrected chi connectivity index (χ0v) is 22.9. The smallest absolute Gasteiger partial charge is 0.335 e. The number of ether oxygens (including phenoxy) is 2. The van der Waals surface area contributed by atoms with E-state index in [9.17, 15) is 14.7 Å². The number of fused-ring (bicyclic) bond motifs is 5. The van der Waals surface area contributed by atoms with Gasteiger partial charge in [-0.05, 0) is 79.5 Å². The van der Waals surface area contributed by atoms with Crippen molar-refractivity contribution in [3.05, 3.63) is 53.1 Å². The van der Waals surface area contributed by atoms with Gasteiger partial charge in [-0.2, -0.15) is 0 Å². The largest absolute Gasteiger partial charge is 0.497 e. The summed E-state index contributed by atoms with van der Waals surface area (Å²) in [5.74, 6) is 0.471. The van der Waals surface area contributed by atoms with Gasteiger partial charge in [-0.3, -0.25) is 4.79 Å². The van der Waals surface area contributed by atoms with E-state index in [0.29, 0.717) is 37.7 Å². The molecule has 7 heteroatoms. The van der Waals surface area contributed by atoms with Gasteiger partial charge in [-0.1, -0.05) is 25.3 Å². The lowest BCUT2D eigenvalue weighted by Crippen LogP contribution is -2.44. The molecule has 1 saturated heterocycles. The number of benzene rings is 2. The predicted molar refractivity (Wildman–Crippen MR) is 151 cm³/mol. The number of carboxylic acid groups (broad SMARTS) is 1. The predicted octanol–water partition coefficient (Wildman–Crippen LogP) is 5.87. The average molecular weight is 531 g/mol. The number of hydrogen-bond donors (Lipinski definition) is 1. The van der Waals surface area contributed by atoms with Crippen molar-refractivity contribution in [2.75, 3.05) is 27.4 Å². The van der Waals surface area contributed by atoms with Gasteiger partial charge in [-0.25, -0.2) is 4.79 Å². The topological polar surface area (TPSA) is 81.0 Å². The average Bonchev–Trinajstić information content (AvgIpc) is 3.19. The highest BCUT2D eigenvalue weighted by atomic mass is 16.5. The number of hydrogen-bond acceptors (Lipinski definition) is 4. The van der Waals surface area contributed by atoms with Gasteiger partial charge in [0.15, 0.2) is 0 Å². The van der Waals surface area contributed by atoms with Crippen LogP contribution in [0.4, 0.5) is 0 Å². The molecule has 1 amide bonds. The molecule has 1 saturated carbocycles. The maximum atomic E-state index is 13.7. The second-order valence-electron chi connectivity index (χ2n) is 11.5. The maximum Gasteiger partial charge on any atom is 0.335 e. The van der Waals surface area contributed by atoms with E-state index in [1.807, 2.05) is 30.1 Å². The Bertz CT molecular complexity index is 1400. The van der Waals surface area contributed by atoms with Crippen molar-refractivity contribution in [3.8, 4) is 17.0 Å². The highest BCUT2D eigenvalue weighted by Crippen LogP contribution is 2.47. The van der Waals surface area contributed by atoms with Gasteiger partial charge < -0.3 is 24.0 Å². The first kappa shape index (κ1) is 25.9. The lowest BCUT2D eigenvalue weighted by atomic mass is 9.81. The van der Waals surface area contributed by atoms with Crippen LogP contribution in [0.15, 0.2) is 36.4 Å². The summed E-state index contributed by atoms with van der Waals surface area (Å²) in [7, 11) is 3.62. The lowest BCUT2D eigenvalue weighted by Gasteiger charge is -2.32. The van der Waals surface area contributed by atoms with Gasteiger partial charge in [0.1, 0.15) is 5.75 Å². The van der Waals surface area contributed by atoms with Gasteiger partial charge in [0.2, 0.25) is 5.91 Å². The third kappa shape index (κ3) is 4.71. The zero-order chi connectivity index (χ0) is 27.1. The summed E-state index contributed by atoms with van der Waals surface area (Å²) < 4.78 is 13.5. The Hall–Kier alpha value is -3.32. The van der Waals surface area contributed by atoms with E-state index in [2.05, 4.69) is 16.7 Å². The molecule has 0 radical (unpaired) electrons. The molecular formula is C32H38N2O5. The van der Waals surface area contributed by atoms with E-state index in [4.69, 9.17) is 9.47 Å². The van der Waals surface area contributed by atoms with E-state index >= 15 is 0 Å². The van der Waals surface area contributed by atoms with E-state index in [-0.39, 0.29) is 17.9 Å². The van der Waals surface area contributed by atoms with Gasteiger partial charge in [0.05, 0.1) is 24.4 Å². The number of amides is 1. The summed E-state index contributed by atoms with van der Waals surface area (Å²) in [5.41, 5.74) is 6.10. The molecule has 3 aliphatic rings. The van der Waals surface area contributed by atoms with Crippen LogP contribution in [0.3, 0.4) is 0 Å². The van der Waals surface area contributed by atoms with Gasteiger partial charge in [0.25, 0.3) is 0 Å². The highest BCUT2D eigenvalue weighted by molar-refractivity contribution is 5.98. The van der Waals surface area contributed by atoms with Crippen LogP contribution >= 0.6 is 0 Å². The molecule has 1 unspecified atom stereocenters. The van der Waals surface area contributed by atoms with Gasteiger partial charge in [0, 0.05) is 49.2 Å². The molecule has 0 bridgehead atoms. The van der Waals surface area contributed by atoms with Crippen LogP contribution in [0.1, 0.15) is 72.3 Å². The fourth-order valence-electron chi connectivity index (χ4n) is 7.09. The molecule has 2 aliphatic heterocycles. The molecule has 3 aromatic rings. The molecule has 2 aromatic carbocycles. The summed E-state index contributed by atoms with van der Waals surface area (Å²) in [6.07, 6.45) is 8.20. The number of methoxy groups -OCH3 is 1. The fraction of sp³-hybridized carbons (Fsp3) is 0.500. The highest BCUT2D eigenvalue weighted by Gasteiger charge is 2.35. The standard InChI is InChI=1S/C32H38N2O5/c1-33(31(35)21-12-14-39-15-13-21)24-16-23-17-25(38-2)9-11-26(23)30-29(20-6-4-3-5-7-20)27-10-8-22(32(36)37)18-28(27)34(30)19-24/h8-11,17-18,20-21,24H,3-7,12-16,19H2,1-2H3,(H,36,37). The number of carbonyl (C=O) groups is 2. The molecule has 1 aliphatic carbocycles. The Balaban J connectivity index is 1.54. The summed E-state index contributed by atoms with van der Waals surface area (Å²) >= 11 is 0. The Morgan fingerprint density at radius 1 is 1.03 bits per heavy atom. The SMILES string of the molecule is COc1ccc2c(c1)CC(N(C)C(=O)C1CCOCC1)Cn1c-2c(C2CCCCC2)c2ccc(C(=O)O)cc21. The Morgan fingerprint density at radius 3 is 2.51 bits per heavy atom. The zero-order valence-electron chi connectivity index (χ0n) is 22.9. The Kier molecular flexibility index (Phi) is 7.10. The molecule has 1 atom stereocenters. The van der Waals surface area contributed by atoms with Crippen molar-refractivity contribution in [2.24, 2.45) is 5.92 Å². The normalized spacial score (nSPS) is 20.2. The number of carbonyl (C=O) groups excluding carboxylic acids is 1. The molecule has 39 heavy (non-hydrogen) atoms. The molecule has 1 aromatic heterocycles. The molecule has 3 heterocycles. The van der Waals surface area contributed by atoms with Crippen molar-refractivity contribution < 1.29 is 24.2 Å². The maximum absolute atomic E-state index is 13.7. The van der Waals surface area contributed by atoms with Crippen molar-refractivity contribution >= 4 is 22.8 Å². The Morgan fingerprint density at radius 2 is 1.79 bits per heavy atom. The quantitative estimate of drug-likeness (QED) is 0.446. The minimum atomic E-state index is -0.922.